The smallest absolute Gasteiger partial charge is 0.161 e. The van der Waals surface area contributed by atoms with E-state index in [0.717, 1.165) is 49.4 Å². The minimum Gasteiger partial charge on any atom is -0.493 e. The van der Waals surface area contributed by atoms with E-state index < -0.39 is 0 Å². The third-order valence-electron chi connectivity index (χ3n) is 6.52. The van der Waals surface area contributed by atoms with Crippen molar-refractivity contribution in [1.29, 1.82) is 0 Å². The maximum absolute atomic E-state index is 9.91. The molecule has 2 aromatic rings. The van der Waals surface area contributed by atoms with Gasteiger partial charge in [0.05, 0.1) is 25.9 Å². The lowest BCUT2D eigenvalue weighted by Gasteiger charge is -2.37. The Labute approximate surface area is 185 Å². The molecule has 1 aliphatic heterocycles. The second-order valence-corrected chi connectivity index (χ2v) is 8.71. The molecule has 0 amide bonds. The van der Waals surface area contributed by atoms with Gasteiger partial charge in [-0.05, 0) is 48.9 Å². The largest absolute Gasteiger partial charge is 0.493 e. The van der Waals surface area contributed by atoms with Crippen molar-refractivity contribution in [2.45, 2.75) is 63.4 Å². The molecule has 0 radical (unpaired) electrons. The Morgan fingerprint density at radius 2 is 1.81 bits per heavy atom. The van der Waals surface area contributed by atoms with Gasteiger partial charge in [0.2, 0.25) is 0 Å². The molecule has 1 aliphatic carbocycles. The van der Waals surface area contributed by atoms with Gasteiger partial charge in [-0.3, -0.25) is 4.90 Å². The van der Waals surface area contributed by atoms with Gasteiger partial charge < -0.3 is 19.3 Å². The third-order valence-corrected chi connectivity index (χ3v) is 6.52. The van der Waals surface area contributed by atoms with Crippen LogP contribution in [0.15, 0.2) is 48.5 Å². The Balaban J connectivity index is 1.29. The van der Waals surface area contributed by atoms with Crippen molar-refractivity contribution in [1.82, 2.24) is 4.90 Å². The summed E-state index contributed by atoms with van der Waals surface area (Å²) in [6.07, 6.45) is 6.64. The number of hydrogen-bond acceptors (Lipinski definition) is 5. The number of benzene rings is 2. The van der Waals surface area contributed by atoms with Crippen LogP contribution >= 0.6 is 0 Å². The average molecular weight is 426 g/mol. The average Bonchev–Trinajstić information content (AvgIpc) is 3.25. The summed E-state index contributed by atoms with van der Waals surface area (Å²) >= 11 is 0. The van der Waals surface area contributed by atoms with Crippen LogP contribution in [-0.4, -0.2) is 55.1 Å². The fourth-order valence-electron chi connectivity index (χ4n) is 4.81. The van der Waals surface area contributed by atoms with Crippen LogP contribution in [0.4, 0.5) is 0 Å². The summed E-state index contributed by atoms with van der Waals surface area (Å²) in [6.45, 7) is 3.01. The van der Waals surface area contributed by atoms with E-state index in [1.807, 2.05) is 24.3 Å². The minimum atomic E-state index is -0.169. The number of likely N-dealkylation sites (tertiary alicyclic amines) is 1. The molecular formula is C26H35NO4. The van der Waals surface area contributed by atoms with Crippen LogP contribution in [0.2, 0.25) is 0 Å². The molecule has 1 heterocycles. The number of hydrogen-bond donors (Lipinski definition) is 1. The van der Waals surface area contributed by atoms with Crippen molar-refractivity contribution in [3.8, 4) is 11.5 Å². The molecule has 0 aromatic heterocycles. The van der Waals surface area contributed by atoms with Gasteiger partial charge in [-0.15, -0.1) is 0 Å². The highest BCUT2D eigenvalue weighted by molar-refractivity contribution is 5.43. The van der Waals surface area contributed by atoms with E-state index in [1.165, 1.54) is 24.8 Å². The molecular weight excluding hydrogens is 390 g/mol. The third kappa shape index (κ3) is 6.00. The zero-order chi connectivity index (χ0) is 21.5. The van der Waals surface area contributed by atoms with E-state index in [9.17, 15) is 5.11 Å². The van der Waals surface area contributed by atoms with E-state index in [2.05, 4.69) is 29.2 Å². The molecule has 2 unspecified atom stereocenters. The first kappa shape index (κ1) is 22.1. The lowest BCUT2D eigenvalue weighted by molar-refractivity contribution is -0.0316. The highest BCUT2D eigenvalue weighted by Gasteiger charge is 2.34. The zero-order valence-corrected chi connectivity index (χ0v) is 18.5. The standard InChI is InChI=1S/C26H35NO4/c1-29-26-17-20(11-12-25(26)31-19-21-7-3-2-4-8-21)14-16-30-24-10-6-5-9-23(24)27-15-13-22(28)18-27/h2-4,7-8,11-12,17,22-24,28H,5-6,9-10,13-16,18-19H2,1H3/t22-,23?,24?/m1/s1. The van der Waals surface area contributed by atoms with Crippen molar-refractivity contribution < 1.29 is 19.3 Å². The van der Waals surface area contributed by atoms with E-state index in [1.54, 1.807) is 7.11 Å². The quantitative estimate of drug-likeness (QED) is 0.652. The Morgan fingerprint density at radius 1 is 0.968 bits per heavy atom. The number of methoxy groups -OCH3 is 1. The van der Waals surface area contributed by atoms with Gasteiger partial charge in [0.15, 0.2) is 11.5 Å². The van der Waals surface area contributed by atoms with Gasteiger partial charge in [0, 0.05) is 19.1 Å². The summed E-state index contributed by atoms with van der Waals surface area (Å²) in [5, 5.41) is 9.91. The van der Waals surface area contributed by atoms with Crippen molar-refractivity contribution in [3.63, 3.8) is 0 Å². The molecule has 1 N–H and O–H groups in total. The lowest BCUT2D eigenvalue weighted by Crippen LogP contribution is -2.46. The topological polar surface area (TPSA) is 51.2 Å². The summed E-state index contributed by atoms with van der Waals surface area (Å²) in [7, 11) is 1.68. The summed E-state index contributed by atoms with van der Waals surface area (Å²) in [4.78, 5) is 2.44. The number of rotatable bonds is 9. The van der Waals surface area contributed by atoms with Crippen molar-refractivity contribution in [2.24, 2.45) is 0 Å². The van der Waals surface area contributed by atoms with Gasteiger partial charge in [-0.25, -0.2) is 0 Å². The summed E-state index contributed by atoms with van der Waals surface area (Å²) < 4.78 is 17.9. The lowest BCUT2D eigenvalue weighted by atomic mass is 9.91. The van der Waals surface area contributed by atoms with Crippen LogP contribution in [0.1, 0.15) is 43.2 Å². The van der Waals surface area contributed by atoms with Crippen LogP contribution in [0, 0.1) is 0 Å². The molecule has 168 valence electrons. The molecule has 5 heteroatoms. The monoisotopic (exact) mass is 425 g/mol. The highest BCUT2D eigenvalue weighted by Crippen LogP contribution is 2.30. The molecule has 3 atom stereocenters. The van der Waals surface area contributed by atoms with Gasteiger partial charge >= 0.3 is 0 Å². The number of aliphatic hydroxyl groups is 1. The molecule has 2 aliphatic rings. The minimum absolute atomic E-state index is 0.169. The van der Waals surface area contributed by atoms with Gasteiger partial charge in [0.25, 0.3) is 0 Å². The van der Waals surface area contributed by atoms with Crippen LogP contribution in [0.25, 0.3) is 0 Å². The van der Waals surface area contributed by atoms with Crippen LogP contribution in [0.3, 0.4) is 0 Å². The summed E-state index contributed by atoms with van der Waals surface area (Å²) in [5.41, 5.74) is 2.32. The van der Waals surface area contributed by atoms with E-state index >= 15 is 0 Å². The number of β-amino-alcohol motifs (C(OH)–C–C–N with tert-alkyl or cyclic N) is 1. The molecule has 2 fully saturated rings. The Kier molecular flexibility index (Phi) is 7.84. The van der Waals surface area contributed by atoms with Gasteiger partial charge in [-0.1, -0.05) is 49.2 Å². The second kappa shape index (κ2) is 11.0. The maximum Gasteiger partial charge on any atom is 0.161 e. The van der Waals surface area contributed by atoms with Crippen LogP contribution in [0.5, 0.6) is 11.5 Å². The molecule has 31 heavy (non-hydrogen) atoms. The van der Waals surface area contributed by atoms with Crippen molar-refractivity contribution in [2.75, 3.05) is 26.8 Å². The molecule has 2 aromatic carbocycles. The SMILES string of the molecule is COc1cc(CCOC2CCCCC2N2CC[C@@H](O)C2)ccc1OCc1ccccc1. The number of ether oxygens (including phenoxy) is 3. The maximum atomic E-state index is 9.91. The number of nitrogens with zero attached hydrogens (tertiary/aromatic N) is 1. The first-order valence-electron chi connectivity index (χ1n) is 11.6. The molecule has 1 saturated heterocycles. The first-order valence-corrected chi connectivity index (χ1v) is 11.6. The van der Waals surface area contributed by atoms with Crippen molar-refractivity contribution in [3.05, 3.63) is 59.7 Å². The van der Waals surface area contributed by atoms with Gasteiger partial charge in [-0.2, -0.15) is 0 Å². The van der Waals surface area contributed by atoms with Crippen molar-refractivity contribution >= 4 is 0 Å². The zero-order valence-electron chi connectivity index (χ0n) is 18.5. The molecule has 0 spiro atoms. The predicted octanol–water partition coefficient (Wildman–Crippen LogP) is 4.21. The highest BCUT2D eigenvalue weighted by atomic mass is 16.5. The fraction of sp³-hybridized carbons (Fsp3) is 0.538. The number of aliphatic hydroxyl groups excluding tert-OH is 1. The normalized spacial score (nSPS) is 24.3. The first-order chi connectivity index (χ1) is 15.2. The van der Waals surface area contributed by atoms with E-state index in [-0.39, 0.29) is 12.2 Å². The molecule has 5 nitrogen and oxygen atoms in total. The van der Waals surface area contributed by atoms with E-state index in [0.29, 0.717) is 19.3 Å². The molecule has 1 saturated carbocycles. The molecule has 0 bridgehead atoms. The van der Waals surface area contributed by atoms with Gasteiger partial charge in [0.1, 0.15) is 6.61 Å². The van der Waals surface area contributed by atoms with E-state index in [4.69, 9.17) is 14.2 Å². The van der Waals surface area contributed by atoms with Crippen LogP contribution < -0.4 is 9.47 Å². The fourth-order valence-corrected chi connectivity index (χ4v) is 4.81. The Morgan fingerprint density at radius 3 is 2.58 bits per heavy atom. The Hall–Kier alpha value is -2.08. The van der Waals surface area contributed by atoms with Crippen LogP contribution in [-0.2, 0) is 17.8 Å². The summed E-state index contributed by atoms with van der Waals surface area (Å²) in [6, 6.07) is 16.7. The Bertz CT molecular complexity index is 812. The predicted molar refractivity (Wildman–Crippen MR) is 122 cm³/mol. The summed E-state index contributed by atoms with van der Waals surface area (Å²) in [5.74, 6) is 1.52. The molecule has 4 rings (SSSR count). The second-order valence-electron chi connectivity index (χ2n) is 8.71.